The molecule has 0 aliphatic carbocycles. The van der Waals surface area contributed by atoms with Gasteiger partial charge in [-0.3, -0.25) is 9.59 Å². The number of phenolic OH excluding ortho intramolecular Hbond substituents is 1. The fraction of sp³-hybridized carbons (Fsp3) is 0.0625. The van der Waals surface area contributed by atoms with Crippen molar-refractivity contribution in [3.63, 3.8) is 0 Å². The number of halogens is 1. The fourth-order valence-corrected chi connectivity index (χ4v) is 1.89. The predicted octanol–water partition coefficient (Wildman–Crippen LogP) is 1.67. The number of hydrazone groups is 1. The van der Waals surface area contributed by atoms with Crippen molar-refractivity contribution in [2.45, 2.75) is 0 Å². The Bertz CT molecular complexity index is 775. The number of ether oxygens (including phenoxy) is 1. The standard InChI is InChI=1S/C16H14ClN3O4/c17-11-3-6-14(21)13(7-11)16(23)20-19-8-10-1-4-12(5-2-10)24-9-15(18)22/h1-8,21H,9H2,(H2,18,22)(H,20,23). The van der Waals surface area contributed by atoms with Gasteiger partial charge in [-0.25, -0.2) is 5.43 Å². The van der Waals surface area contributed by atoms with Crippen molar-refractivity contribution in [2.75, 3.05) is 6.61 Å². The van der Waals surface area contributed by atoms with Crippen LogP contribution < -0.4 is 15.9 Å². The third-order valence-electron chi connectivity index (χ3n) is 2.84. The number of phenols is 1. The number of nitrogens with two attached hydrogens (primary N) is 1. The molecule has 2 aromatic rings. The third-order valence-corrected chi connectivity index (χ3v) is 3.08. The zero-order chi connectivity index (χ0) is 17.5. The van der Waals surface area contributed by atoms with Gasteiger partial charge in [-0.05, 0) is 48.0 Å². The number of benzene rings is 2. The summed E-state index contributed by atoms with van der Waals surface area (Å²) in [6, 6.07) is 10.8. The van der Waals surface area contributed by atoms with Gasteiger partial charge in [0.15, 0.2) is 6.61 Å². The minimum Gasteiger partial charge on any atom is -0.507 e. The molecule has 0 aromatic heterocycles. The number of rotatable bonds is 6. The summed E-state index contributed by atoms with van der Waals surface area (Å²) in [7, 11) is 0. The van der Waals surface area contributed by atoms with Crippen LogP contribution >= 0.6 is 11.6 Å². The Kier molecular flexibility index (Phi) is 5.75. The Morgan fingerprint density at radius 3 is 2.62 bits per heavy atom. The summed E-state index contributed by atoms with van der Waals surface area (Å²) in [4.78, 5) is 22.5. The molecule has 2 rings (SSSR count). The molecule has 4 N–H and O–H groups in total. The number of primary amides is 1. The zero-order valence-corrected chi connectivity index (χ0v) is 13.2. The van der Waals surface area contributed by atoms with Crippen LogP contribution in [0.25, 0.3) is 0 Å². The van der Waals surface area contributed by atoms with E-state index in [0.29, 0.717) is 16.3 Å². The summed E-state index contributed by atoms with van der Waals surface area (Å²) in [6.07, 6.45) is 1.41. The van der Waals surface area contributed by atoms with Crippen LogP contribution in [0.4, 0.5) is 0 Å². The topological polar surface area (TPSA) is 114 Å². The van der Waals surface area contributed by atoms with Crippen molar-refractivity contribution in [3.05, 3.63) is 58.6 Å². The number of amides is 2. The lowest BCUT2D eigenvalue weighted by atomic mass is 10.2. The van der Waals surface area contributed by atoms with Gasteiger partial charge < -0.3 is 15.6 Å². The fourth-order valence-electron chi connectivity index (χ4n) is 1.72. The van der Waals surface area contributed by atoms with E-state index in [-0.39, 0.29) is 17.9 Å². The number of nitrogens with one attached hydrogen (secondary N) is 1. The molecule has 0 atom stereocenters. The highest BCUT2D eigenvalue weighted by Crippen LogP contribution is 2.21. The van der Waals surface area contributed by atoms with Crippen LogP contribution in [0.3, 0.4) is 0 Å². The quantitative estimate of drug-likeness (QED) is 0.544. The van der Waals surface area contributed by atoms with Crippen LogP contribution in [0.15, 0.2) is 47.6 Å². The lowest BCUT2D eigenvalue weighted by Crippen LogP contribution is -2.20. The second-order valence-corrected chi connectivity index (χ2v) is 5.12. The van der Waals surface area contributed by atoms with Crippen molar-refractivity contribution in [2.24, 2.45) is 10.8 Å². The molecule has 7 nitrogen and oxygen atoms in total. The molecule has 0 saturated carbocycles. The van der Waals surface area contributed by atoms with E-state index < -0.39 is 11.8 Å². The van der Waals surface area contributed by atoms with Gasteiger partial charge >= 0.3 is 0 Å². The summed E-state index contributed by atoms with van der Waals surface area (Å²) in [6.45, 7) is -0.202. The van der Waals surface area contributed by atoms with E-state index in [1.807, 2.05) is 0 Å². The second-order valence-electron chi connectivity index (χ2n) is 4.68. The van der Waals surface area contributed by atoms with Crippen molar-refractivity contribution in [1.29, 1.82) is 0 Å². The minimum atomic E-state index is -0.590. The van der Waals surface area contributed by atoms with Crippen molar-refractivity contribution < 1.29 is 19.4 Å². The Morgan fingerprint density at radius 2 is 1.96 bits per heavy atom. The SMILES string of the molecule is NC(=O)COc1ccc(C=NNC(=O)c2cc(Cl)ccc2O)cc1. The maximum Gasteiger partial charge on any atom is 0.275 e. The van der Waals surface area contributed by atoms with Crippen LogP contribution in [0, 0.1) is 0 Å². The Hall–Kier alpha value is -3.06. The van der Waals surface area contributed by atoms with Gasteiger partial charge in [0.2, 0.25) is 0 Å². The monoisotopic (exact) mass is 347 g/mol. The maximum atomic E-state index is 11.9. The van der Waals surface area contributed by atoms with Gasteiger partial charge in [0.05, 0.1) is 11.8 Å². The average Bonchev–Trinajstić information content (AvgIpc) is 2.56. The molecule has 0 aliphatic heterocycles. The number of aromatic hydroxyl groups is 1. The van der Waals surface area contributed by atoms with Crippen molar-refractivity contribution in [1.82, 2.24) is 5.43 Å². The highest BCUT2D eigenvalue weighted by Gasteiger charge is 2.10. The summed E-state index contributed by atoms with van der Waals surface area (Å²) in [5.41, 5.74) is 7.99. The number of hydrogen-bond acceptors (Lipinski definition) is 5. The summed E-state index contributed by atoms with van der Waals surface area (Å²) in [5, 5.41) is 13.7. The van der Waals surface area contributed by atoms with Crippen LogP contribution in [-0.4, -0.2) is 29.7 Å². The molecule has 0 unspecified atom stereocenters. The van der Waals surface area contributed by atoms with Crippen LogP contribution in [0.5, 0.6) is 11.5 Å². The molecule has 0 fully saturated rings. The lowest BCUT2D eigenvalue weighted by molar-refractivity contribution is -0.119. The molecule has 0 heterocycles. The molecule has 0 radical (unpaired) electrons. The molecular formula is C16H14ClN3O4. The Balaban J connectivity index is 1.95. The average molecular weight is 348 g/mol. The molecule has 8 heteroatoms. The molecule has 0 saturated heterocycles. The maximum absolute atomic E-state index is 11.9. The van der Waals surface area contributed by atoms with E-state index >= 15 is 0 Å². The Morgan fingerprint density at radius 1 is 1.25 bits per heavy atom. The first kappa shape index (κ1) is 17.3. The highest BCUT2D eigenvalue weighted by molar-refractivity contribution is 6.31. The number of nitrogens with zero attached hydrogens (tertiary/aromatic N) is 1. The summed E-state index contributed by atoms with van der Waals surface area (Å²) in [5.74, 6) is -0.859. The largest absolute Gasteiger partial charge is 0.507 e. The van der Waals surface area contributed by atoms with E-state index in [0.717, 1.165) is 0 Å². The van der Waals surface area contributed by atoms with E-state index in [2.05, 4.69) is 10.5 Å². The summed E-state index contributed by atoms with van der Waals surface area (Å²) >= 11 is 5.78. The van der Waals surface area contributed by atoms with Crippen molar-refractivity contribution >= 4 is 29.6 Å². The number of hydrogen-bond donors (Lipinski definition) is 3. The number of carbonyl (C=O) groups excluding carboxylic acids is 2. The smallest absolute Gasteiger partial charge is 0.275 e. The molecular weight excluding hydrogens is 334 g/mol. The van der Waals surface area contributed by atoms with E-state index in [4.69, 9.17) is 22.1 Å². The van der Waals surface area contributed by atoms with Crippen LogP contribution in [-0.2, 0) is 4.79 Å². The first-order valence-electron chi connectivity index (χ1n) is 6.79. The van der Waals surface area contributed by atoms with Gasteiger partial charge in [-0.15, -0.1) is 0 Å². The van der Waals surface area contributed by atoms with Gasteiger partial charge in [0.25, 0.3) is 11.8 Å². The molecule has 24 heavy (non-hydrogen) atoms. The molecule has 0 spiro atoms. The molecule has 2 amide bonds. The van der Waals surface area contributed by atoms with E-state index in [1.165, 1.54) is 24.4 Å². The zero-order valence-electron chi connectivity index (χ0n) is 12.4. The van der Waals surface area contributed by atoms with Gasteiger partial charge in [0, 0.05) is 5.02 Å². The Labute approximate surface area is 142 Å². The van der Waals surface area contributed by atoms with Gasteiger partial charge in [0.1, 0.15) is 11.5 Å². The van der Waals surface area contributed by atoms with Crippen LogP contribution in [0.2, 0.25) is 5.02 Å². The number of carbonyl (C=O) groups is 2. The van der Waals surface area contributed by atoms with Crippen LogP contribution in [0.1, 0.15) is 15.9 Å². The van der Waals surface area contributed by atoms with Crippen molar-refractivity contribution in [3.8, 4) is 11.5 Å². The van der Waals surface area contributed by atoms with Gasteiger partial charge in [-0.2, -0.15) is 5.10 Å². The molecule has 2 aromatic carbocycles. The normalized spacial score (nSPS) is 10.5. The molecule has 0 bridgehead atoms. The predicted molar refractivity (Wildman–Crippen MR) is 89.3 cm³/mol. The lowest BCUT2D eigenvalue weighted by Gasteiger charge is -2.04. The highest BCUT2D eigenvalue weighted by atomic mass is 35.5. The molecule has 0 aliphatic rings. The van der Waals surface area contributed by atoms with Gasteiger partial charge in [-0.1, -0.05) is 11.6 Å². The first-order chi connectivity index (χ1) is 11.5. The van der Waals surface area contributed by atoms with E-state index in [9.17, 15) is 14.7 Å². The molecule has 124 valence electrons. The first-order valence-corrected chi connectivity index (χ1v) is 7.16. The second kappa shape index (κ2) is 7.98. The third kappa shape index (κ3) is 4.99. The summed E-state index contributed by atoms with van der Waals surface area (Å²) < 4.78 is 5.12. The minimum absolute atomic E-state index is 0.0230. The van der Waals surface area contributed by atoms with E-state index in [1.54, 1.807) is 24.3 Å².